The van der Waals surface area contributed by atoms with Crippen LogP contribution in [0.3, 0.4) is 0 Å². The van der Waals surface area contributed by atoms with E-state index >= 15 is 0 Å². The van der Waals surface area contributed by atoms with Crippen molar-refractivity contribution in [1.29, 1.82) is 0 Å². The molecule has 0 atom stereocenters. The highest BCUT2D eigenvalue weighted by molar-refractivity contribution is 9.10. The van der Waals surface area contributed by atoms with Crippen molar-refractivity contribution in [1.82, 2.24) is 0 Å². The lowest BCUT2D eigenvalue weighted by molar-refractivity contribution is -0.142. The number of hydrogen-bond donors (Lipinski definition) is 1. The molecule has 1 heterocycles. The molecule has 5 nitrogen and oxygen atoms in total. The van der Waals surface area contributed by atoms with Crippen LogP contribution in [-0.2, 0) is 14.3 Å². The number of aryl methyl sites for hydroxylation is 1. The predicted molar refractivity (Wildman–Crippen MR) is 86.2 cm³/mol. The van der Waals surface area contributed by atoms with Crippen LogP contribution >= 0.6 is 15.9 Å². The lowest BCUT2D eigenvalue weighted by atomic mass is 10.2. The van der Waals surface area contributed by atoms with Gasteiger partial charge in [-0.05, 0) is 58.8 Å². The summed E-state index contributed by atoms with van der Waals surface area (Å²) in [4.78, 5) is 23.1. The minimum atomic E-state index is -0.692. The van der Waals surface area contributed by atoms with Crippen molar-refractivity contribution in [2.45, 2.75) is 6.92 Å². The first-order valence-corrected chi connectivity index (χ1v) is 7.39. The fraction of sp³-hybridized carbons (Fsp3) is 0.125. The highest BCUT2D eigenvalue weighted by atomic mass is 79.9. The van der Waals surface area contributed by atoms with E-state index in [-0.39, 0.29) is 0 Å². The van der Waals surface area contributed by atoms with E-state index in [1.807, 2.05) is 0 Å². The molecule has 0 aliphatic heterocycles. The van der Waals surface area contributed by atoms with Crippen molar-refractivity contribution < 1.29 is 23.1 Å². The molecule has 0 radical (unpaired) electrons. The van der Waals surface area contributed by atoms with Gasteiger partial charge in [0.15, 0.2) is 11.3 Å². The molecule has 0 bridgehead atoms. The van der Waals surface area contributed by atoms with Crippen molar-refractivity contribution in [2.24, 2.45) is 0 Å². The number of anilines is 1. The Morgan fingerprint density at radius 1 is 1.35 bits per heavy atom. The molecule has 0 aliphatic carbocycles. The Kier molecular flexibility index (Phi) is 5.70. The second-order valence-electron chi connectivity index (χ2n) is 4.60. The molecule has 1 aromatic heterocycles. The van der Waals surface area contributed by atoms with Gasteiger partial charge in [0.05, 0.1) is 0 Å². The third-order valence-corrected chi connectivity index (χ3v) is 3.20. The second kappa shape index (κ2) is 7.73. The Hall–Kier alpha value is -2.41. The number of nitrogens with one attached hydrogen (secondary N) is 1. The quantitative estimate of drug-likeness (QED) is 0.633. The average Bonchev–Trinajstić information content (AvgIpc) is 2.92. The van der Waals surface area contributed by atoms with E-state index in [9.17, 15) is 14.0 Å². The van der Waals surface area contributed by atoms with Crippen LogP contribution in [-0.4, -0.2) is 18.5 Å². The van der Waals surface area contributed by atoms with E-state index in [1.165, 1.54) is 12.1 Å². The molecule has 1 aromatic carbocycles. The van der Waals surface area contributed by atoms with Crippen LogP contribution in [0.25, 0.3) is 6.08 Å². The van der Waals surface area contributed by atoms with Crippen LogP contribution in [0.15, 0.2) is 45.5 Å². The second-order valence-corrected chi connectivity index (χ2v) is 5.38. The van der Waals surface area contributed by atoms with E-state index in [0.29, 0.717) is 21.7 Å². The maximum Gasteiger partial charge on any atom is 0.331 e. The molecule has 0 saturated carbocycles. The van der Waals surface area contributed by atoms with Crippen molar-refractivity contribution in [3.8, 4) is 0 Å². The maximum atomic E-state index is 13.3. The Labute approximate surface area is 140 Å². The molecule has 0 spiro atoms. The van der Waals surface area contributed by atoms with E-state index in [0.717, 1.165) is 6.08 Å². The van der Waals surface area contributed by atoms with Gasteiger partial charge in [-0.1, -0.05) is 6.07 Å². The van der Waals surface area contributed by atoms with Gasteiger partial charge in [0.2, 0.25) is 0 Å². The predicted octanol–water partition coefficient (Wildman–Crippen LogP) is 3.68. The Bertz CT molecular complexity index is 754. The first-order chi connectivity index (χ1) is 10.9. The zero-order valence-corrected chi connectivity index (χ0v) is 13.7. The minimum Gasteiger partial charge on any atom is -0.452 e. The van der Waals surface area contributed by atoms with Crippen LogP contribution in [0, 0.1) is 12.7 Å². The standard InChI is InChI=1S/C16H13BrFNO4/c1-10-2-3-11(8-13(10)18)19-15(20)9-22-16(21)7-5-12-4-6-14(17)23-12/h2-8H,9H2,1H3,(H,19,20). The molecule has 2 rings (SSSR count). The summed E-state index contributed by atoms with van der Waals surface area (Å²) in [5.74, 6) is -1.21. The average molecular weight is 382 g/mol. The van der Waals surface area contributed by atoms with Crippen LogP contribution in [0.1, 0.15) is 11.3 Å². The summed E-state index contributed by atoms with van der Waals surface area (Å²) in [7, 11) is 0. The Balaban J connectivity index is 1.80. The number of ether oxygens (including phenoxy) is 1. The van der Waals surface area contributed by atoms with Crippen molar-refractivity contribution in [2.75, 3.05) is 11.9 Å². The number of carbonyl (C=O) groups is 2. The molecule has 0 saturated heterocycles. The summed E-state index contributed by atoms with van der Waals surface area (Å²) < 4.78 is 23.8. The summed E-state index contributed by atoms with van der Waals surface area (Å²) in [6.45, 7) is 1.15. The molecule has 23 heavy (non-hydrogen) atoms. The minimum absolute atomic E-state index is 0.296. The molecule has 0 aliphatic rings. The van der Waals surface area contributed by atoms with Gasteiger partial charge < -0.3 is 14.5 Å². The third kappa shape index (κ3) is 5.37. The monoisotopic (exact) mass is 381 g/mol. The normalized spacial score (nSPS) is 10.7. The maximum absolute atomic E-state index is 13.3. The summed E-state index contributed by atoms with van der Waals surface area (Å²) >= 11 is 3.13. The van der Waals surface area contributed by atoms with Gasteiger partial charge in [-0.3, -0.25) is 4.79 Å². The van der Waals surface area contributed by atoms with E-state index in [4.69, 9.17) is 9.15 Å². The van der Waals surface area contributed by atoms with Crippen LogP contribution in [0.2, 0.25) is 0 Å². The number of benzene rings is 1. The highest BCUT2D eigenvalue weighted by Gasteiger charge is 2.07. The molecule has 120 valence electrons. The topological polar surface area (TPSA) is 68.5 Å². The van der Waals surface area contributed by atoms with E-state index in [1.54, 1.807) is 31.2 Å². The van der Waals surface area contributed by atoms with E-state index < -0.39 is 24.3 Å². The first-order valence-electron chi connectivity index (χ1n) is 6.60. The van der Waals surface area contributed by atoms with Crippen LogP contribution in [0.4, 0.5) is 10.1 Å². The van der Waals surface area contributed by atoms with E-state index in [2.05, 4.69) is 21.2 Å². The summed E-state index contributed by atoms with van der Waals surface area (Å²) in [6.07, 6.45) is 2.56. The number of hydrogen-bond acceptors (Lipinski definition) is 4. The Morgan fingerprint density at radius 2 is 2.13 bits per heavy atom. The first kappa shape index (κ1) is 17.0. The SMILES string of the molecule is Cc1ccc(NC(=O)COC(=O)C=Cc2ccc(Br)o2)cc1F. The molecule has 1 N–H and O–H groups in total. The lowest BCUT2D eigenvalue weighted by Gasteiger charge is -2.06. The fourth-order valence-corrected chi connectivity index (χ4v) is 1.94. The number of furan rings is 1. The van der Waals surface area contributed by atoms with Gasteiger partial charge in [0.1, 0.15) is 11.6 Å². The van der Waals surface area contributed by atoms with Crippen molar-refractivity contribution in [3.05, 3.63) is 58.2 Å². The van der Waals surface area contributed by atoms with Crippen molar-refractivity contribution in [3.63, 3.8) is 0 Å². The van der Waals surface area contributed by atoms with Gasteiger partial charge >= 0.3 is 5.97 Å². The number of esters is 1. The smallest absolute Gasteiger partial charge is 0.331 e. The highest BCUT2D eigenvalue weighted by Crippen LogP contribution is 2.15. The molecular formula is C16H13BrFNO4. The third-order valence-electron chi connectivity index (χ3n) is 2.78. The molecule has 1 amide bonds. The van der Waals surface area contributed by atoms with Crippen LogP contribution < -0.4 is 5.32 Å². The summed E-state index contributed by atoms with van der Waals surface area (Å²) in [5.41, 5.74) is 0.772. The number of halogens is 2. The molecule has 0 fully saturated rings. The fourth-order valence-electron chi connectivity index (χ4n) is 1.62. The largest absolute Gasteiger partial charge is 0.452 e. The zero-order chi connectivity index (χ0) is 16.8. The van der Waals surface area contributed by atoms with Crippen LogP contribution in [0.5, 0.6) is 0 Å². The number of rotatable bonds is 5. The lowest BCUT2D eigenvalue weighted by Crippen LogP contribution is -2.20. The van der Waals surface area contributed by atoms with Gasteiger partial charge in [-0.25, -0.2) is 9.18 Å². The molecule has 2 aromatic rings. The number of carbonyl (C=O) groups excluding carboxylic acids is 2. The van der Waals surface area contributed by atoms with Gasteiger partial charge in [0, 0.05) is 11.8 Å². The van der Waals surface area contributed by atoms with Crippen molar-refractivity contribution >= 4 is 39.6 Å². The molecular weight excluding hydrogens is 369 g/mol. The molecule has 7 heteroatoms. The summed E-state index contributed by atoms with van der Waals surface area (Å²) in [6, 6.07) is 7.64. The number of amides is 1. The van der Waals surface area contributed by atoms with Gasteiger partial charge in [-0.15, -0.1) is 0 Å². The van der Waals surface area contributed by atoms with Gasteiger partial charge in [-0.2, -0.15) is 0 Å². The molecule has 0 unspecified atom stereocenters. The zero-order valence-electron chi connectivity index (χ0n) is 12.1. The Morgan fingerprint density at radius 3 is 2.78 bits per heavy atom. The summed E-state index contributed by atoms with van der Waals surface area (Å²) in [5, 5.41) is 2.44. The van der Waals surface area contributed by atoms with Gasteiger partial charge in [0.25, 0.3) is 5.91 Å².